The Morgan fingerprint density at radius 1 is 1.31 bits per heavy atom. The predicted molar refractivity (Wildman–Crippen MR) is 51.6 cm³/mol. The second kappa shape index (κ2) is 3.18. The minimum atomic E-state index is 0.579. The maximum Gasteiger partial charge on any atom is 0.152 e. The van der Waals surface area contributed by atoms with Crippen molar-refractivity contribution in [1.29, 1.82) is 0 Å². The van der Waals surface area contributed by atoms with Gasteiger partial charge in [-0.05, 0) is 24.3 Å². The van der Waals surface area contributed by atoms with Gasteiger partial charge in [0.25, 0.3) is 0 Å². The molecule has 1 aromatic carbocycles. The van der Waals surface area contributed by atoms with Crippen LogP contribution >= 0.6 is 11.6 Å². The third-order valence-electron chi connectivity index (χ3n) is 1.61. The van der Waals surface area contributed by atoms with E-state index in [9.17, 15) is 0 Å². The molecule has 0 saturated carbocycles. The van der Waals surface area contributed by atoms with E-state index in [-0.39, 0.29) is 0 Å². The number of hydrogen-bond acceptors (Lipinski definition) is 3. The number of benzene rings is 1. The summed E-state index contributed by atoms with van der Waals surface area (Å²) in [6.07, 6.45) is 1.68. The largest absolute Gasteiger partial charge is 0.362 e. The molecule has 3 nitrogen and oxygen atoms in total. The molecule has 4 heteroatoms. The Hall–Kier alpha value is -1.35. The summed E-state index contributed by atoms with van der Waals surface area (Å²) in [5.41, 5.74) is 3.76. The van der Waals surface area contributed by atoms with Crippen LogP contribution in [0.25, 0.3) is 0 Å². The zero-order chi connectivity index (χ0) is 9.26. The Kier molecular flexibility index (Phi) is 2.02. The van der Waals surface area contributed by atoms with Crippen molar-refractivity contribution in [3.8, 4) is 0 Å². The molecular formula is C9H8ClN2O. The number of rotatable bonds is 1. The molecule has 0 aromatic heterocycles. The molecule has 0 saturated heterocycles. The molecule has 0 amide bonds. The summed E-state index contributed by atoms with van der Waals surface area (Å²) in [4.78, 5) is 5.22. The van der Waals surface area contributed by atoms with Gasteiger partial charge >= 0.3 is 0 Å². The minimum absolute atomic E-state index is 0.579. The van der Waals surface area contributed by atoms with Crippen LogP contribution in [0.4, 0.5) is 5.69 Å². The quantitative estimate of drug-likeness (QED) is 0.744. The van der Waals surface area contributed by atoms with Gasteiger partial charge in [-0.1, -0.05) is 11.6 Å². The van der Waals surface area contributed by atoms with Crippen LogP contribution in [0.15, 0.2) is 36.2 Å². The summed E-state index contributed by atoms with van der Waals surface area (Å²) in [7, 11) is 0. The van der Waals surface area contributed by atoms with Crippen LogP contribution < -0.4 is 10.6 Å². The topological polar surface area (TPSA) is 24.5 Å². The van der Waals surface area contributed by atoms with Gasteiger partial charge in [-0.25, -0.2) is 0 Å². The number of nitrogens with zero attached hydrogens (tertiary/aromatic N) is 1. The van der Waals surface area contributed by atoms with E-state index >= 15 is 0 Å². The number of anilines is 1. The lowest BCUT2D eigenvalue weighted by molar-refractivity contribution is 0.200. The summed E-state index contributed by atoms with van der Waals surface area (Å²) >= 11 is 5.74. The van der Waals surface area contributed by atoms with Crippen LogP contribution in [-0.2, 0) is 4.84 Å². The third-order valence-corrected chi connectivity index (χ3v) is 1.86. The normalized spacial score (nSPS) is 14.9. The van der Waals surface area contributed by atoms with Crippen LogP contribution in [0.1, 0.15) is 0 Å². The molecule has 0 aliphatic carbocycles. The smallest absolute Gasteiger partial charge is 0.152 e. The Balaban J connectivity index is 2.14. The van der Waals surface area contributed by atoms with Crippen LogP contribution in [-0.4, -0.2) is 0 Å². The highest BCUT2D eigenvalue weighted by molar-refractivity contribution is 6.30. The van der Waals surface area contributed by atoms with E-state index in [4.69, 9.17) is 16.4 Å². The van der Waals surface area contributed by atoms with E-state index in [1.807, 2.05) is 12.1 Å². The monoisotopic (exact) mass is 195 g/mol. The molecule has 0 unspecified atom stereocenters. The molecule has 2 rings (SSSR count). The molecule has 0 bridgehead atoms. The summed E-state index contributed by atoms with van der Waals surface area (Å²) in [5.74, 6) is 0.579. The van der Waals surface area contributed by atoms with Crippen molar-refractivity contribution in [3.05, 3.63) is 48.2 Å². The first kappa shape index (κ1) is 8.26. The fourth-order valence-electron chi connectivity index (χ4n) is 1.00. The highest BCUT2D eigenvalue weighted by Gasteiger charge is 2.12. The first-order chi connectivity index (χ1) is 6.25. The van der Waals surface area contributed by atoms with E-state index < -0.39 is 0 Å². The average molecular weight is 196 g/mol. The maximum absolute atomic E-state index is 5.74. The van der Waals surface area contributed by atoms with E-state index in [0.29, 0.717) is 10.8 Å². The van der Waals surface area contributed by atoms with Gasteiger partial charge in [0.1, 0.15) is 0 Å². The van der Waals surface area contributed by atoms with E-state index in [1.54, 1.807) is 18.3 Å². The summed E-state index contributed by atoms with van der Waals surface area (Å²) in [6, 6.07) is 7.29. The molecule has 0 spiro atoms. The molecule has 67 valence electrons. The predicted octanol–water partition coefficient (Wildman–Crippen LogP) is 2.27. The van der Waals surface area contributed by atoms with Crippen molar-refractivity contribution in [3.63, 3.8) is 0 Å². The highest BCUT2D eigenvalue weighted by atomic mass is 35.5. The summed E-state index contributed by atoms with van der Waals surface area (Å²) in [6.45, 7) is 3.64. The SMILES string of the molecule is [CH2]C1=CNN(c2ccc(Cl)cc2)O1. The second-order valence-corrected chi connectivity index (χ2v) is 3.04. The first-order valence-corrected chi connectivity index (χ1v) is 4.15. The maximum atomic E-state index is 5.74. The van der Waals surface area contributed by atoms with Crippen molar-refractivity contribution in [2.75, 3.05) is 5.17 Å². The Labute approximate surface area is 81.5 Å². The fraction of sp³-hybridized carbons (Fsp3) is 0. The fourth-order valence-corrected chi connectivity index (χ4v) is 1.13. The molecule has 1 aliphatic heterocycles. The van der Waals surface area contributed by atoms with Gasteiger partial charge in [-0.3, -0.25) is 5.43 Å². The first-order valence-electron chi connectivity index (χ1n) is 3.78. The van der Waals surface area contributed by atoms with Crippen LogP contribution in [0.5, 0.6) is 0 Å². The Morgan fingerprint density at radius 2 is 2.00 bits per heavy atom. The van der Waals surface area contributed by atoms with Crippen LogP contribution in [0, 0.1) is 6.92 Å². The molecule has 1 radical (unpaired) electrons. The highest BCUT2D eigenvalue weighted by Crippen LogP contribution is 2.20. The molecule has 0 atom stereocenters. The molecule has 1 aliphatic rings. The van der Waals surface area contributed by atoms with Crippen molar-refractivity contribution in [1.82, 2.24) is 5.43 Å². The standard InChI is InChI=1S/C9H8ClN2O/c1-7-6-11-12(13-7)9-4-2-8(10)3-5-9/h2-6,11H,1H2. The Morgan fingerprint density at radius 3 is 2.54 bits per heavy atom. The van der Waals surface area contributed by atoms with Gasteiger partial charge in [0.15, 0.2) is 5.76 Å². The van der Waals surface area contributed by atoms with Gasteiger partial charge in [0.2, 0.25) is 0 Å². The van der Waals surface area contributed by atoms with Gasteiger partial charge in [0, 0.05) is 11.9 Å². The zero-order valence-electron chi connectivity index (χ0n) is 6.83. The van der Waals surface area contributed by atoms with Gasteiger partial charge in [0.05, 0.1) is 11.9 Å². The van der Waals surface area contributed by atoms with Crippen LogP contribution in [0.2, 0.25) is 5.02 Å². The van der Waals surface area contributed by atoms with E-state index in [1.165, 1.54) is 5.17 Å². The molecule has 1 heterocycles. The number of hydrogen-bond donors (Lipinski definition) is 1. The van der Waals surface area contributed by atoms with E-state index in [2.05, 4.69) is 12.3 Å². The second-order valence-electron chi connectivity index (χ2n) is 2.60. The minimum Gasteiger partial charge on any atom is -0.362 e. The van der Waals surface area contributed by atoms with Gasteiger partial charge in [-0.15, -0.1) is 5.17 Å². The zero-order valence-corrected chi connectivity index (χ0v) is 7.58. The summed E-state index contributed by atoms with van der Waals surface area (Å²) in [5, 5.41) is 2.21. The molecule has 1 N–H and O–H groups in total. The lowest BCUT2D eigenvalue weighted by Crippen LogP contribution is -2.27. The summed E-state index contributed by atoms with van der Waals surface area (Å²) < 4.78 is 0. The third kappa shape index (κ3) is 1.70. The molecular weight excluding hydrogens is 188 g/mol. The number of hydrazine groups is 1. The van der Waals surface area contributed by atoms with E-state index in [0.717, 1.165) is 5.69 Å². The Bertz CT molecular complexity index is 334. The number of halogens is 1. The average Bonchev–Trinajstić information content (AvgIpc) is 2.53. The molecule has 13 heavy (non-hydrogen) atoms. The number of nitrogens with one attached hydrogen (secondary N) is 1. The molecule has 1 aromatic rings. The van der Waals surface area contributed by atoms with Gasteiger partial charge in [-0.2, -0.15) is 0 Å². The van der Waals surface area contributed by atoms with Gasteiger partial charge < -0.3 is 4.84 Å². The van der Waals surface area contributed by atoms with Crippen molar-refractivity contribution in [2.24, 2.45) is 0 Å². The van der Waals surface area contributed by atoms with Crippen molar-refractivity contribution < 1.29 is 4.84 Å². The lowest BCUT2D eigenvalue weighted by atomic mass is 10.3. The molecule has 0 fully saturated rings. The lowest BCUT2D eigenvalue weighted by Gasteiger charge is -2.16. The number of allylic oxidation sites excluding steroid dienone is 1. The van der Waals surface area contributed by atoms with Crippen molar-refractivity contribution in [2.45, 2.75) is 0 Å². The van der Waals surface area contributed by atoms with Crippen molar-refractivity contribution >= 4 is 17.3 Å². The van der Waals surface area contributed by atoms with Crippen LogP contribution in [0.3, 0.4) is 0 Å².